The summed E-state index contributed by atoms with van der Waals surface area (Å²) in [6, 6.07) is 16.3. The highest BCUT2D eigenvalue weighted by atomic mass is 16.6. The molecule has 7 heteroatoms. The number of nitrogens with zero attached hydrogens (tertiary/aromatic N) is 1. The van der Waals surface area contributed by atoms with Gasteiger partial charge in [0.2, 0.25) is 0 Å². The Balaban J connectivity index is 1.61. The van der Waals surface area contributed by atoms with Crippen molar-refractivity contribution < 1.29 is 29.3 Å². The van der Waals surface area contributed by atoms with Crippen LogP contribution in [0.15, 0.2) is 71.8 Å². The second-order valence-corrected chi connectivity index (χ2v) is 8.43. The van der Waals surface area contributed by atoms with Crippen molar-refractivity contribution in [2.24, 2.45) is 0 Å². The number of hydrogen-bond donors (Lipinski definition) is 2. The van der Waals surface area contributed by atoms with E-state index in [9.17, 15) is 19.8 Å². The van der Waals surface area contributed by atoms with Crippen LogP contribution in [0.1, 0.15) is 34.6 Å². The monoisotopic (exact) mass is 437 g/mol. The molecule has 2 aliphatic heterocycles. The van der Waals surface area contributed by atoms with E-state index in [4.69, 9.17) is 9.47 Å². The van der Waals surface area contributed by atoms with Gasteiger partial charge in [-0.1, -0.05) is 42.0 Å². The van der Waals surface area contributed by atoms with Gasteiger partial charge < -0.3 is 19.7 Å². The van der Waals surface area contributed by atoms with E-state index >= 15 is 0 Å². The molecule has 0 aromatic heterocycles. The van der Waals surface area contributed by atoms with Gasteiger partial charge in [0.25, 0.3) is 0 Å². The SMILES string of the molecule is CC(C)=C1CN2CC(OC(=O)c3ccccc3)C(OC(=O)c3ccccc3)C(O)C2C1O. The Morgan fingerprint density at radius 3 is 1.94 bits per heavy atom. The van der Waals surface area contributed by atoms with E-state index in [1.54, 1.807) is 60.7 Å². The predicted molar refractivity (Wildman–Crippen MR) is 117 cm³/mol. The zero-order valence-corrected chi connectivity index (χ0v) is 18.0. The summed E-state index contributed by atoms with van der Waals surface area (Å²) in [6.45, 7) is 4.48. The standard InChI is InChI=1S/C25H27NO6/c1-15(2)18-13-26-14-19(31-24(29)16-9-5-3-6-10-16)23(22(28)20(26)21(18)27)32-25(30)17-11-7-4-8-12-17/h3-12,19-23,27-28H,13-14H2,1-2H3. The fourth-order valence-electron chi connectivity index (χ4n) is 4.41. The lowest BCUT2D eigenvalue weighted by molar-refractivity contribution is -0.146. The van der Waals surface area contributed by atoms with Crippen LogP contribution in [0.2, 0.25) is 0 Å². The van der Waals surface area contributed by atoms with Crippen LogP contribution in [0, 0.1) is 0 Å². The summed E-state index contributed by atoms with van der Waals surface area (Å²) in [4.78, 5) is 27.4. The molecule has 0 aliphatic carbocycles. The third kappa shape index (κ3) is 4.32. The Kier molecular flexibility index (Phi) is 6.41. The van der Waals surface area contributed by atoms with Crippen LogP contribution >= 0.6 is 0 Å². The molecule has 168 valence electrons. The quantitative estimate of drug-likeness (QED) is 0.559. The van der Waals surface area contributed by atoms with Crippen LogP contribution in [-0.2, 0) is 9.47 Å². The van der Waals surface area contributed by atoms with Crippen LogP contribution in [0.4, 0.5) is 0 Å². The van der Waals surface area contributed by atoms with Crippen LogP contribution in [0.25, 0.3) is 0 Å². The third-order valence-electron chi connectivity index (χ3n) is 6.11. The first-order chi connectivity index (χ1) is 15.4. The van der Waals surface area contributed by atoms with E-state index in [1.807, 2.05) is 18.7 Å². The minimum Gasteiger partial charge on any atom is -0.453 e. The summed E-state index contributed by atoms with van der Waals surface area (Å²) in [7, 11) is 0. The largest absolute Gasteiger partial charge is 0.453 e. The van der Waals surface area contributed by atoms with Crippen LogP contribution < -0.4 is 0 Å². The van der Waals surface area contributed by atoms with Crippen molar-refractivity contribution in [1.82, 2.24) is 4.90 Å². The maximum Gasteiger partial charge on any atom is 0.338 e. The molecule has 7 nitrogen and oxygen atoms in total. The van der Waals surface area contributed by atoms with Crippen molar-refractivity contribution in [3.63, 3.8) is 0 Å². The number of esters is 2. The highest BCUT2D eigenvalue weighted by Gasteiger charge is 2.53. The van der Waals surface area contributed by atoms with Crippen molar-refractivity contribution in [1.29, 1.82) is 0 Å². The Hall–Kier alpha value is -3.00. The van der Waals surface area contributed by atoms with Gasteiger partial charge in [-0.15, -0.1) is 0 Å². The van der Waals surface area contributed by atoms with Gasteiger partial charge in [0.1, 0.15) is 6.10 Å². The van der Waals surface area contributed by atoms with E-state index in [-0.39, 0.29) is 6.54 Å². The molecule has 0 amide bonds. The van der Waals surface area contributed by atoms with Crippen LogP contribution in [0.3, 0.4) is 0 Å². The molecule has 32 heavy (non-hydrogen) atoms. The Morgan fingerprint density at radius 2 is 1.41 bits per heavy atom. The van der Waals surface area contributed by atoms with Gasteiger partial charge in [0.05, 0.1) is 23.3 Å². The summed E-state index contributed by atoms with van der Waals surface area (Å²) in [5, 5.41) is 22.0. The van der Waals surface area contributed by atoms with E-state index in [2.05, 4.69) is 0 Å². The number of aliphatic hydroxyl groups is 2. The lowest BCUT2D eigenvalue weighted by atomic mass is 9.91. The molecule has 2 saturated heterocycles. The molecule has 2 aromatic rings. The highest BCUT2D eigenvalue weighted by molar-refractivity contribution is 5.90. The molecule has 0 radical (unpaired) electrons. The van der Waals surface area contributed by atoms with Crippen LogP contribution in [0.5, 0.6) is 0 Å². The molecular formula is C25H27NO6. The highest BCUT2D eigenvalue weighted by Crippen LogP contribution is 2.35. The van der Waals surface area contributed by atoms with Crippen LogP contribution in [-0.4, -0.2) is 70.6 Å². The number of hydrogen-bond acceptors (Lipinski definition) is 7. The molecule has 4 rings (SSSR count). The van der Waals surface area contributed by atoms with Gasteiger partial charge in [0.15, 0.2) is 12.2 Å². The summed E-state index contributed by atoms with van der Waals surface area (Å²) in [6.07, 6.45) is -4.15. The fraction of sp³-hybridized carbons (Fsp3) is 0.360. The number of aliphatic hydroxyl groups excluding tert-OH is 2. The van der Waals surface area contributed by atoms with Crippen molar-refractivity contribution in [2.75, 3.05) is 13.1 Å². The summed E-state index contributed by atoms with van der Waals surface area (Å²) >= 11 is 0. The van der Waals surface area contributed by atoms with Crippen molar-refractivity contribution in [2.45, 2.75) is 44.3 Å². The van der Waals surface area contributed by atoms with Gasteiger partial charge in [-0.2, -0.15) is 0 Å². The number of carbonyl (C=O) groups is 2. The van der Waals surface area contributed by atoms with Crippen molar-refractivity contribution in [3.05, 3.63) is 82.9 Å². The lowest BCUT2D eigenvalue weighted by Crippen LogP contribution is -2.63. The average Bonchev–Trinajstić information content (AvgIpc) is 3.14. The second-order valence-electron chi connectivity index (χ2n) is 8.43. The fourth-order valence-corrected chi connectivity index (χ4v) is 4.41. The number of piperidine rings is 1. The van der Waals surface area contributed by atoms with E-state index in [0.29, 0.717) is 17.7 Å². The minimum absolute atomic E-state index is 0.223. The maximum atomic E-state index is 12.7. The number of carbonyl (C=O) groups excluding carboxylic acids is 2. The normalized spacial score (nSPS) is 27.5. The zero-order chi connectivity index (χ0) is 22.8. The third-order valence-corrected chi connectivity index (χ3v) is 6.11. The first-order valence-corrected chi connectivity index (χ1v) is 10.7. The average molecular weight is 437 g/mol. The van der Waals surface area contributed by atoms with Crippen molar-refractivity contribution in [3.8, 4) is 0 Å². The zero-order valence-electron chi connectivity index (χ0n) is 18.0. The first-order valence-electron chi connectivity index (χ1n) is 10.7. The minimum atomic E-state index is -1.24. The van der Waals surface area contributed by atoms with Crippen molar-refractivity contribution >= 4 is 11.9 Å². The smallest absolute Gasteiger partial charge is 0.338 e. The molecule has 2 aromatic carbocycles. The van der Waals surface area contributed by atoms with E-state index in [0.717, 1.165) is 11.1 Å². The summed E-state index contributed by atoms with van der Waals surface area (Å²) < 4.78 is 11.4. The molecule has 2 aliphatic rings. The molecule has 2 N–H and O–H groups in total. The summed E-state index contributed by atoms with van der Waals surface area (Å²) in [5.74, 6) is -1.19. The molecule has 0 saturated carbocycles. The Morgan fingerprint density at radius 1 is 0.875 bits per heavy atom. The van der Waals surface area contributed by atoms with E-state index in [1.165, 1.54) is 0 Å². The predicted octanol–water partition coefficient (Wildman–Crippen LogP) is 2.19. The number of ether oxygens (including phenoxy) is 2. The molecule has 2 heterocycles. The molecule has 5 unspecified atom stereocenters. The molecular weight excluding hydrogens is 410 g/mol. The van der Waals surface area contributed by atoms with Gasteiger partial charge in [0, 0.05) is 13.1 Å². The lowest BCUT2D eigenvalue weighted by Gasteiger charge is -2.43. The number of benzene rings is 2. The number of allylic oxidation sites excluding steroid dienone is 1. The number of rotatable bonds is 4. The topological polar surface area (TPSA) is 96.3 Å². The van der Waals surface area contributed by atoms with E-state index < -0.39 is 42.4 Å². The van der Waals surface area contributed by atoms with Gasteiger partial charge in [-0.05, 0) is 43.7 Å². The first kappa shape index (κ1) is 22.2. The Bertz CT molecular complexity index is 1000. The summed E-state index contributed by atoms with van der Waals surface area (Å²) in [5.41, 5.74) is 2.47. The van der Waals surface area contributed by atoms with Gasteiger partial charge in [-0.25, -0.2) is 9.59 Å². The number of fused-ring (bicyclic) bond motifs is 1. The second kappa shape index (κ2) is 9.24. The Labute approximate surface area is 186 Å². The van der Waals surface area contributed by atoms with Gasteiger partial charge >= 0.3 is 11.9 Å². The molecule has 0 spiro atoms. The molecule has 5 atom stereocenters. The maximum absolute atomic E-state index is 12.7. The molecule has 2 fully saturated rings. The molecule has 0 bridgehead atoms. The van der Waals surface area contributed by atoms with Gasteiger partial charge in [-0.3, -0.25) is 4.90 Å².